The van der Waals surface area contributed by atoms with E-state index in [0.29, 0.717) is 5.69 Å². The molecule has 0 bridgehead atoms. The maximum Gasteiger partial charge on any atom is 0.0951 e. The molecule has 0 unspecified atom stereocenters. The Morgan fingerprint density at radius 1 is 1.26 bits per heavy atom. The van der Waals surface area contributed by atoms with Gasteiger partial charge in [-0.15, -0.1) is 0 Å². The number of aliphatic hydroxyl groups is 1. The molecule has 1 aromatic heterocycles. The van der Waals surface area contributed by atoms with Gasteiger partial charge >= 0.3 is 0 Å². The van der Waals surface area contributed by atoms with Gasteiger partial charge in [-0.3, -0.25) is 4.98 Å². The second kappa shape index (κ2) is 4.70. The smallest absolute Gasteiger partial charge is 0.0951 e. The molecule has 4 nitrogen and oxygen atoms in total. The highest BCUT2D eigenvalue weighted by Gasteiger charge is 2.33. The fraction of sp³-hybridized carbons (Fsp3) is 0.400. The topological polar surface area (TPSA) is 71.2 Å². The summed E-state index contributed by atoms with van der Waals surface area (Å²) in [4.78, 5) is 4.34. The van der Waals surface area contributed by atoms with Crippen molar-refractivity contribution in [1.82, 2.24) is 4.98 Å². The molecule has 3 rings (SSSR count). The van der Waals surface area contributed by atoms with E-state index in [1.54, 1.807) is 6.20 Å². The van der Waals surface area contributed by atoms with Gasteiger partial charge in [0.15, 0.2) is 0 Å². The van der Waals surface area contributed by atoms with Crippen LogP contribution in [0.3, 0.4) is 0 Å². The van der Waals surface area contributed by atoms with Gasteiger partial charge in [0, 0.05) is 17.3 Å². The van der Waals surface area contributed by atoms with E-state index in [2.05, 4.69) is 10.3 Å². The monoisotopic (exact) mass is 257 g/mol. The van der Waals surface area contributed by atoms with E-state index in [1.165, 1.54) is 12.8 Å². The zero-order valence-electron chi connectivity index (χ0n) is 10.9. The number of fused-ring (bicyclic) bond motifs is 1. The minimum Gasteiger partial charge on any atom is -0.397 e. The van der Waals surface area contributed by atoms with Gasteiger partial charge in [-0.2, -0.15) is 0 Å². The number of hydrogen-bond acceptors (Lipinski definition) is 4. The molecule has 0 spiro atoms. The zero-order valence-corrected chi connectivity index (χ0v) is 10.9. The maximum atomic E-state index is 9.70. The van der Waals surface area contributed by atoms with Crippen molar-refractivity contribution in [3.8, 4) is 0 Å². The minimum atomic E-state index is -0.182. The number of benzene rings is 1. The van der Waals surface area contributed by atoms with Gasteiger partial charge in [0.1, 0.15) is 0 Å². The summed E-state index contributed by atoms with van der Waals surface area (Å²) in [6.07, 6.45) is 6.11. The first-order valence-corrected chi connectivity index (χ1v) is 6.76. The van der Waals surface area contributed by atoms with Crippen LogP contribution in [-0.2, 0) is 0 Å². The Hall–Kier alpha value is -1.81. The zero-order chi connectivity index (χ0) is 13.3. The van der Waals surface area contributed by atoms with Crippen LogP contribution >= 0.6 is 0 Å². The standard InChI is InChI=1S/C15H19N3O/c16-12-5-3-4-11-13(6-9-17-14(11)12)18-15(10-19)7-1-2-8-15/h3-6,9,19H,1-2,7-8,10,16H2,(H,17,18). The molecule has 2 aromatic rings. The van der Waals surface area contributed by atoms with Crippen LogP contribution in [0.25, 0.3) is 10.9 Å². The summed E-state index contributed by atoms with van der Waals surface area (Å²) in [5.41, 5.74) is 8.29. The Morgan fingerprint density at radius 2 is 2.05 bits per heavy atom. The highest BCUT2D eigenvalue weighted by atomic mass is 16.3. The molecule has 0 atom stereocenters. The number of aliphatic hydroxyl groups excluding tert-OH is 1. The molecule has 19 heavy (non-hydrogen) atoms. The molecule has 1 aliphatic rings. The third-order valence-corrected chi connectivity index (χ3v) is 4.07. The summed E-state index contributed by atoms with van der Waals surface area (Å²) in [7, 11) is 0. The van der Waals surface area contributed by atoms with Crippen LogP contribution in [0.5, 0.6) is 0 Å². The van der Waals surface area contributed by atoms with Crippen LogP contribution < -0.4 is 11.1 Å². The quantitative estimate of drug-likeness (QED) is 0.739. The van der Waals surface area contributed by atoms with Crippen LogP contribution in [0, 0.1) is 0 Å². The first-order valence-electron chi connectivity index (χ1n) is 6.76. The number of aromatic nitrogens is 1. The number of hydrogen-bond donors (Lipinski definition) is 3. The summed E-state index contributed by atoms with van der Waals surface area (Å²) in [6, 6.07) is 7.76. The van der Waals surface area contributed by atoms with Crippen molar-refractivity contribution in [3.63, 3.8) is 0 Å². The molecular formula is C15H19N3O. The van der Waals surface area contributed by atoms with Crippen LogP contribution in [0.4, 0.5) is 11.4 Å². The normalized spacial score (nSPS) is 17.7. The van der Waals surface area contributed by atoms with E-state index in [-0.39, 0.29) is 12.1 Å². The van der Waals surface area contributed by atoms with Crippen LogP contribution in [0.2, 0.25) is 0 Å². The number of rotatable bonds is 3. The molecule has 4 N–H and O–H groups in total. The van der Waals surface area contributed by atoms with Crippen LogP contribution in [-0.4, -0.2) is 22.2 Å². The van der Waals surface area contributed by atoms with Gasteiger partial charge in [-0.1, -0.05) is 25.0 Å². The van der Waals surface area contributed by atoms with E-state index in [0.717, 1.165) is 29.4 Å². The van der Waals surface area contributed by atoms with E-state index in [4.69, 9.17) is 5.73 Å². The Kier molecular flexibility index (Phi) is 3.03. The third-order valence-electron chi connectivity index (χ3n) is 4.07. The van der Waals surface area contributed by atoms with Gasteiger partial charge in [-0.05, 0) is 25.0 Å². The van der Waals surface area contributed by atoms with E-state index >= 15 is 0 Å². The van der Waals surface area contributed by atoms with Crippen molar-refractivity contribution in [2.75, 3.05) is 17.7 Å². The van der Waals surface area contributed by atoms with Gasteiger partial charge in [0.05, 0.1) is 23.3 Å². The molecule has 0 radical (unpaired) electrons. The number of pyridine rings is 1. The molecule has 4 heteroatoms. The molecule has 1 aromatic carbocycles. The summed E-state index contributed by atoms with van der Waals surface area (Å²) in [5, 5.41) is 14.2. The van der Waals surface area contributed by atoms with Gasteiger partial charge in [0.2, 0.25) is 0 Å². The largest absolute Gasteiger partial charge is 0.397 e. The van der Waals surface area contributed by atoms with Crippen molar-refractivity contribution >= 4 is 22.3 Å². The fourth-order valence-corrected chi connectivity index (χ4v) is 2.97. The summed E-state index contributed by atoms with van der Waals surface area (Å²) >= 11 is 0. The van der Waals surface area contributed by atoms with E-state index in [9.17, 15) is 5.11 Å². The molecule has 1 heterocycles. The predicted octanol–water partition coefficient (Wildman–Crippen LogP) is 2.53. The summed E-state index contributed by atoms with van der Waals surface area (Å²) in [5.74, 6) is 0. The SMILES string of the molecule is Nc1cccc2c(NC3(CO)CCCC3)ccnc12. The van der Waals surface area contributed by atoms with E-state index < -0.39 is 0 Å². The summed E-state index contributed by atoms with van der Waals surface area (Å²) < 4.78 is 0. The molecule has 0 amide bonds. The lowest BCUT2D eigenvalue weighted by Gasteiger charge is -2.29. The average Bonchev–Trinajstić information content (AvgIpc) is 2.89. The van der Waals surface area contributed by atoms with Crippen molar-refractivity contribution < 1.29 is 5.11 Å². The molecule has 1 fully saturated rings. The highest BCUT2D eigenvalue weighted by molar-refractivity contribution is 5.97. The van der Waals surface area contributed by atoms with Crippen LogP contribution in [0.15, 0.2) is 30.5 Å². The lowest BCUT2D eigenvalue weighted by atomic mass is 9.98. The van der Waals surface area contributed by atoms with Gasteiger partial charge < -0.3 is 16.2 Å². The van der Waals surface area contributed by atoms with Crippen LogP contribution in [0.1, 0.15) is 25.7 Å². The first-order chi connectivity index (χ1) is 9.24. The second-order valence-corrected chi connectivity index (χ2v) is 5.37. The number of nitrogens with zero attached hydrogens (tertiary/aromatic N) is 1. The Morgan fingerprint density at radius 3 is 2.79 bits per heavy atom. The van der Waals surface area contributed by atoms with Gasteiger partial charge in [0.25, 0.3) is 0 Å². The number of para-hydroxylation sites is 1. The Balaban J connectivity index is 2.03. The molecular weight excluding hydrogens is 238 g/mol. The second-order valence-electron chi connectivity index (χ2n) is 5.37. The number of nitrogens with two attached hydrogens (primary N) is 1. The fourth-order valence-electron chi connectivity index (χ4n) is 2.97. The molecule has 1 aliphatic carbocycles. The van der Waals surface area contributed by atoms with Gasteiger partial charge in [-0.25, -0.2) is 0 Å². The lowest BCUT2D eigenvalue weighted by Crippen LogP contribution is -2.39. The molecule has 0 saturated heterocycles. The maximum absolute atomic E-state index is 9.70. The van der Waals surface area contributed by atoms with Crippen molar-refractivity contribution in [2.24, 2.45) is 0 Å². The predicted molar refractivity (Wildman–Crippen MR) is 78.1 cm³/mol. The first kappa shape index (κ1) is 12.2. The van der Waals surface area contributed by atoms with Crippen molar-refractivity contribution in [1.29, 1.82) is 0 Å². The third kappa shape index (κ3) is 2.12. The summed E-state index contributed by atoms with van der Waals surface area (Å²) in [6.45, 7) is 0.166. The lowest BCUT2D eigenvalue weighted by molar-refractivity contribution is 0.214. The molecule has 0 aliphatic heterocycles. The van der Waals surface area contributed by atoms with Crippen molar-refractivity contribution in [2.45, 2.75) is 31.2 Å². The Bertz CT molecular complexity index is 591. The minimum absolute atomic E-state index is 0.166. The molecule has 1 saturated carbocycles. The number of nitrogens with one attached hydrogen (secondary N) is 1. The van der Waals surface area contributed by atoms with Crippen molar-refractivity contribution in [3.05, 3.63) is 30.5 Å². The van der Waals surface area contributed by atoms with E-state index in [1.807, 2.05) is 24.3 Å². The molecule has 100 valence electrons. The highest BCUT2D eigenvalue weighted by Crippen LogP contribution is 2.35. The average molecular weight is 257 g/mol. The number of anilines is 2. The Labute approximate surface area is 112 Å². The number of nitrogen functional groups attached to an aromatic ring is 1.